The van der Waals surface area contributed by atoms with Gasteiger partial charge in [-0.15, -0.1) is 0 Å². The Kier molecular flexibility index (Phi) is 4.88. The molecule has 4 nitrogen and oxygen atoms in total. The summed E-state index contributed by atoms with van der Waals surface area (Å²) in [7, 11) is 0. The van der Waals surface area contributed by atoms with Gasteiger partial charge < -0.3 is 4.90 Å². The highest BCUT2D eigenvalue weighted by molar-refractivity contribution is 6.30. The Labute approximate surface area is 198 Å². The molecule has 0 aliphatic carbocycles. The third-order valence-electron chi connectivity index (χ3n) is 6.38. The number of hydrogen-bond acceptors (Lipinski definition) is 3. The molecule has 5 heteroatoms. The van der Waals surface area contributed by atoms with Crippen LogP contribution in [0.4, 0.5) is 5.69 Å². The van der Waals surface area contributed by atoms with E-state index < -0.39 is 0 Å². The molecule has 33 heavy (non-hydrogen) atoms. The summed E-state index contributed by atoms with van der Waals surface area (Å²) < 4.78 is 1.98. The normalized spacial score (nSPS) is 13.0. The third-order valence-corrected chi connectivity index (χ3v) is 6.63. The number of anilines is 1. The molecule has 0 amide bonds. The van der Waals surface area contributed by atoms with Crippen molar-refractivity contribution in [1.82, 2.24) is 14.8 Å². The first-order valence-corrected chi connectivity index (χ1v) is 11.6. The Morgan fingerprint density at radius 3 is 2.30 bits per heavy atom. The highest BCUT2D eigenvalue weighted by atomic mass is 35.5. The SMILES string of the molecule is Cc1nc2c(c(-c3ccc(Cl)cc3)nn2-c2ccccc2)c2c1CCN2Cc1ccccc1. The number of aryl methyl sites for hydroxylation is 1. The van der Waals surface area contributed by atoms with Crippen LogP contribution in [0.25, 0.3) is 28.0 Å². The number of fused-ring (bicyclic) bond motifs is 3. The molecular formula is C28H23ClN4. The maximum Gasteiger partial charge on any atom is 0.165 e. The van der Waals surface area contributed by atoms with Crippen LogP contribution in [0.1, 0.15) is 16.8 Å². The fourth-order valence-corrected chi connectivity index (χ4v) is 4.93. The summed E-state index contributed by atoms with van der Waals surface area (Å²) in [6.07, 6.45) is 0.994. The summed E-state index contributed by atoms with van der Waals surface area (Å²) in [4.78, 5) is 7.56. The van der Waals surface area contributed by atoms with E-state index in [1.165, 1.54) is 16.8 Å². The molecule has 6 rings (SSSR count). The number of rotatable bonds is 4. The van der Waals surface area contributed by atoms with Crippen molar-refractivity contribution in [2.45, 2.75) is 19.9 Å². The zero-order valence-electron chi connectivity index (χ0n) is 18.4. The number of aromatic nitrogens is 3. The summed E-state index contributed by atoms with van der Waals surface area (Å²) in [6.45, 7) is 3.96. The second kappa shape index (κ2) is 8.05. The van der Waals surface area contributed by atoms with Gasteiger partial charge in [0, 0.05) is 29.4 Å². The van der Waals surface area contributed by atoms with Gasteiger partial charge in [-0.1, -0.05) is 72.3 Å². The first kappa shape index (κ1) is 20.0. The van der Waals surface area contributed by atoms with Crippen LogP contribution in [0.15, 0.2) is 84.9 Å². The van der Waals surface area contributed by atoms with Gasteiger partial charge in [-0.25, -0.2) is 9.67 Å². The minimum Gasteiger partial charge on any atom is -0.366 e. The van der Waals surface area contributed by atoms with Crippen molar-refractivity contribution >= 4 is 28.3 Å². The maximum atomic E-state index is 6.20. The molecule has 0 saturated heterocycles. The fraction of sp³-hybridized carbons (Fsp3) is 0.143. The van der Waals surface area contributed by atoms with Crippen LogP contribution < -0.4 is 4.90 Å². The second-order valence-corrected chi connectivity index (χ2v) is 8.92. The van der Waals surface area contributed by atoms with Crippen molar-refractivity contribution in [2.24, 2.45) is 0 Å². The molecule has 0 fully saturated rings. The number of benzene rings is 3. The van der Waals surface area contributed by atoms with Gasteiger partial charge in [0.2, 0.25) is 0 Å². The molecule has 0 bridgehead atoms. The van der Waals surface area contributed by atoms with E-state index >= 15 is 0 Å². The molecule has 0 atom stereocenters. The maximum absolute atomic E-state index is 6.20. The Morgan fingerprint density at radius 1 is 0.879 bits per heavy atom. The van der Waals surface area contributed by atoms with E-state index in [-0.39, 0.29) is 0 Å². The van der Waals surface area contributed by atoms with E-state index in [4.69, 9.17) is 21.7 Å². The first-order valence-electron chi connectivity index (χ1n) is 11.2. The van der Waals surface area contributed by atoms with Gasteiger partial charge in [-0.05, 0) is 48.7 Å². The van der Waals surface area contributed by atoms with Crippen LogP contribution in [-0.4, -0.2) is 21.3 Å². The molecular weight excluding hydrogens is 428 g/mol. The molecule has 0 spiro atoms. The van der Waals surface area contributed by atoms with Gasteiger partial charge in [-0.2, -0.15) is 5.10 Å². The lowest BCUT2D eigenvalue weighted by molar-refractivity contribution is 0.837. The van der Waals surface area contributed by atoms with Gasteiger partial charge in [0.1, 0.15) is 5.69 Å². The average Bonchev–Trinajstić information content (AvgIpc) is 3.43. The summed E-state index contributed by atoms with van der Waals surface area (Å²) in [6, 6.07) is 28.8. The molecule has 3 aromatic carbocycles. The third kappa shape index (κ3) is 3.47. The summed E-state index contributed by atoms with van der Waals surface area (Å²) in [5.74, 6) is 0. The van der Waals surface area contributed by atoms with Gasteiger partial charge in [0.15, 0.2) is 5.65 Å². The van der Waals surface area contributed by atoms with Crippen LogP contribution in [-0.2, 0) is 13.0 Å². The van der Waals surface area contributed by atoms with E-state index in [0.717, 1.165) is 58.2 Å². The lowest BCUT2D eigenvalue weighted by Gasteiger charge is -2.21. The topological polar surface area (TPSA) is 34.0 Å². The zero-order chi connectivity index (χ0) is 22.4. The predicted molar refractivity (Wildman–Crippen MR) is 135 cm³/mol. The van der Waals surface area contributed by atoms with Crippen molar-refractivity contribution < 1.29 is 0 Å². The Hall–Kier alpha value is -3.63. The molecule has 0 saturated carbocycles. The van der Waals surface area contributed by atoms with Gasteiger partial charge in [0.25, 0.3) is 0 Å². The van der Waals surface area contributed by atoms with Crippen LogP contribution >= 0.6 is 11.6 Å². The molecule has 3 heterocycles. The average molecular weight is 451 g/mol. The van der Waals surface area contributed by atoms with Gasteiger partial charge >= 0.3 is 0 Å². The smallest absolute Gasteiger partial charge is 0.165 e. The molecule has 5 aromatic rings. The Morgan fingerprint density at radius 2 is 1.58 bits per heavy atom. The van der Waals surface area contributed by atoms with Crippen molar-refractivity contribution in [3.05, 3.63) is 107 Å². The van der Waals surface area contributed by atoms with E-state index in [9.17, 15) is 0 Å². The van der Waals surface area contributed by atoms with Crippen molar-refractivity contribution in [3.63, 3.8) is 0 Å². The minimum atomic E-state index is 0.718. The van der Waals surface area contributed by atoms with E-state index in [0.29, 0.717) is 0 Å². The first-order chi connectivity index (χ1) is 16.2. The van der Waals surface area contributed by atoms with Crippen LogP contribution in [0, 0.1) is 6.92 Å². The number of nitrogens with zero attached hydrogens (tertiary/aromatic N) is 4. The molecule has 1 aliphatic heterocycles. The molecule has 2 aromatic heterocycles. The fourth-order valence-electron chi connectivity index (χ4n) is 4.81. The Balaban J connectivity index is 1.62. The lowest BCUT2D eigenvalue weighted by Crippen LogP contribution is -2.20. The Bertz CT molecular complexity index is 1440. The zero-order valence-corrected chi connectivity index (χ0v) is 19.1. The molecule has 0 radical (unpaired) electrons. The summed E-state index contributed by atoms with van der Waals surface area (Å²) >= 11 is 6.20. The molecule has 0 N–H and O–H groups in total. The van der Waals surface area contributed by atoms with Crippen LogP contribution in [0.5, 0.6) is 0 Å². The van der Waals surface area contributed by atoms with Gasteiger partial charge in [-0.3, -0.25) is 0 Å². The standard InChI is InChI=1S/C28H23ClN4/c1-19-24-16-17-32(18-20-8-4-2-5-9-20)27(24)25-26(21-12-14-22(29)15-13-21)31-33(28(25)30-19)23-10-6-3-7-11-23/h2-15H,16-18H2,1H3. The number of para-hydroxylation sites is 1. The largest absolute Gasteiger partial charge is 0.366 e. The quantitative estimate of drug-likeness (QED) is 0.309. The second-order valence-electron chi connectivity index (χ2n) is 8.48. The summed E-state index contributed by atoms with van der Waals surface area (Å²) in [5, 5.41) is 6.93. The predicted octanol–water partition coefficient (Wildman–Crippen LogP) is 6.61. The lowest BCUT2D eigenvalue weighted by atomic mass is 10.0. The highest BCUT2D eigenvalue weighted by Crippen LogP contribution is 2.42. The van der Waals surface area contributed by atoms with Crippen LogP contribution in [0.2, 0.25) is 5.02 Å². The van der Waals surface area contributed by atoms with E-state index in [1.54, 1.807) is 0 Å². The van der Waals surface area contributed by atoms with Crippen molar-refractivity contribution in [1.29, 1.82) is 0 Å². The van der Waals surface area contributed by atoms with Crippen molar-refractivity contribution in [3.8, 4) is 16.9 Å². The van der Waals surface area contributed by atoms with Gasteiger partial charge in [0.05, 0.1) is 16.8 Å². The number of halogens is 1. The van der Waals surface area contributed by atoms with Crippen molar-refractivity contribution in [2.75, 3.05) is 11.4 Å². The highest BCUT2D eigenvalue weighted by Gasteiger charge is 2.29. The number of pyridine rings is 1. The molecule has 162 valence electrons. The molecule has 1 aliphatic rings. The van der Waals surface area contributed by atoms with Crippen LogP contribution in [0.3, 0.4) is 0 Å². The number of hydrogen-bond donors (Lipinski definition) is 0. The molecule has 0 unspecified atom stereocenters. The van der Waals surface area contributed by atoms with E-state index in [1.807, 2.05) is 47.1 Å². The van der Waals surface area contributed by atoms with E-state index in [2.05, 4.69) is 54.3 Å². The monoisotopic (exact) mass is 450 g/mol. The minimum absolute atomic E-state index is 0.718. The summed E-state index contributed by atoms with van der Waals surface area (Å²) in [5.41, 5.74) is 8.83.